The van der Waals surface area contributed by atoms with Crippen LogP contribution in [0.3, 0.4) is 0 Å². The molecule has 0 saturated carbocycles. The third-order valence-corrected chi connectivity index (χ3v) is 3.50. The van der Waals surface area contributed by atoms with Crippen LogP contribution in [0, 0.1) is 0 Å². The molecule has 0 aliphatic carbocycles. The first-order valence-corrected chi connectivity index (χ1v) is 7.19. The van der Waals surface area contributed by atoms with E-state index in [-0.39, 0.29) is 0 Å². The Labute approximate surface area is 121 Å². The summed E-state index contributed by atoms with van der Waals surface area (Å²) in [5.41, 5.74) is 3.50. The van der Waals surface area contributed by atoms with Crippen LogP contribution in [0.5, 0.6) is 0 Å². The zero-order valence-corrected chi connectivity index (χ0v) is 12.2. The zero-order valence-electron chi connectivity index (χ0n) is 12.2. The first kappa shape index (κ1) is 14.8. The zero-order chi connectivity index (χ0) is 14.4. The van der Waals surface area contributed by atoms with Crippen molar-refractivity contribution in [1.82, 2.24) is 5.32 Å². The van der Waals surface area contributed by atoms with Gasteiger partial charge >= 0.3 is 0 Å². The van der Waals surface area contributed by atoms with Crippen LogP contribution in [0.1, 0.15) is 42.6 Å². The average molecular weight is 269 g/mol. The van der Waals surface area contributed by atoms with Crippen LogP contribution < -0.4 is 5.32 Å². The van der Waals surface area contributed by atoms with E-state index in [1.807, 2.05) is 30.3 Å². The predicted octanol–water partition coefficient (Wildman–Crippen LogP) is 3.63. The number of benzene rings is 2. The second kappa shape index (κ2) is 7.22. The Morgan fingerprint density at radius 2 is 1.50 bits per heavy atom. The van der Waals surface area contributed by atoms with Crippen molar-refractivity contribution in [2.75, 3.05) is 6.54 Å². The monoisotopic (exact) mass is 269 g/mol. The molecule has 106 valence electrons. The fraction of sp³-hybridized carbons (Fsp3) is 0.333. The largest absolute Gasteiger partial charge is 0.387 e. The standard InChI is InChI=1S/C18H23NO/c1-14(2)16-8-10-17(11-9-16)18(20)13-19-12-15-6-4-3-5-7-15/h3-11,14,18-20H,12-13H2,1-2H3. The van der Waals surface area contributed by atoms with Crippen molar-refractivity contribution >= 4 is 0 Å². The SMILES string of the molecule is CC(C)c1ccc(C(O)CNCc2ccccc2)cc1. The van der Waals surface area contributed by atoms with Crippen LogP contribution >= 0.6 is 0 Å². The third-order valence-electron chi connectivity index (χ3n) is 3.50. The van der Waals surface area contributed by atoms with Gasteiger partial charge in [-0.3, -0.25) is 0 Å². The summed E-state index contributed by atoms with van der Waals surface area (Å²) in [7, 11) is 0. The molecule has 0 radical (unpaired) electrons. The molecule has 2 rings (SSSR count). The lowest BCUT2D eigenvalue weighted by Gasteiger charge is -2.13. The predicted molar refractivity (Wildman–Crippen MR) is 83.6 cm³/mol. The maximum atomic E-state index is 10.2. The number of hydrogen-bond donors (Lipinski definition) is 2. The first-order chi connectivity index (χ1) is 9.66. The molecule has 0 fully saturated rings. The van der Waals surface area contributed by atoms with Gasteiger partial charge in [-0.1, -0.05) is 68.4 Å². The van der Waals surface area contributed by atoms with Crippen LogP contribution in [0.4, 0.5) is 0 Å². The van der Waals surface area contributed by atoms with Gasteiger partial charge in [-0.15, -0.1) is 0 Å². The van der Waals surface area contributed by atoms with Crippen LogP contribution in [0.2, 0.25) is 0 Å². The molecule has 0 spiro atoms. The van der Waals surface area contributed by atoms with E-state index in [2.05, 4.69) is 43.4 Å². The first-order valence-electron chi connectivity index (χ1n) is 7.19. The number of aliphatic hydroxyl groups is 1. The van der Waals surface area contributed by atoms with Crippen molar-refractivity contribution in [1.29, 1.82) is 0 Å². The molecular formula is C18H23NO. The minimum atomic E-state index is -0.458. The van der Waals surface area contributed by atoms with E-state index >= 15 is 0 Å². The average Bonchev–Trinajstić information content (AvgIpc) is 2.48. The highest BCUT2D eigenvalue weighted by molar-refractivity contribution is 5.26. The summed E-state index contributed by atoms with van der Waals surface area (Å²) < 4.78 is 0. The quantitative estimate of drug-likeness (QED) is 0.839. The highest BCUT2D eigenvalue weighted by Crippen LogP contribution is 2.18. The highest BCUT2D eigenvalue weighted by atomic mass is 16.3. The van der Waals surface area contributed by atoms with Gasteiger partial charge in [-0.2, -0.15) is 0 Å². The number of aliphatic hydroxyl groups excluding tert-OH is 1. The second-order valence-corrected chi connectivity index (χ2v) is 5.45. The number of hydrogen-bond acceptors (Lipinski definition) is 2. The van der Waals surface area contributed by atoms with Crippen LogP contribution in [0.25, 0.3) is 0 Å². The molecule has 2 N–H and O–H groups in total. The molecule has 0 aromatic heterocycles. The molecule has 0 bridgehead atoms. The Morgan fingerprint density at radius 1 is 0.900 bits per heavy atom. The Balaban J connectivity index is 1.84. The molecule has 0 saturated heterocycles. The van der Waals surface area contributed by atoms with Gasteiger partial charge in [0.05, 0.1) is 6.10 Å². The molecule has 2 aromatic carbocycles. The van der Waals surface area contributed by atoms with Gasteiger partial charge in [0.15, 0.2) is 0 Å². The fourth-order valence-electron chi connectivity index (χ4n) is 2.17. The molecular weight excluding hydrogens is 246 g/mol. The maximum Gasteiger partial charge on any atom is 0.0914 e. The molecule has 1 atom stereocenters. The lowest BCUT2D eigenvalue weighted by atomic mass is 10.00. The van der Waals surface area contributed by atoms with E-state index in [4.69, 9.17) is 0 Å². The van der Waals surface area contributed by atoms with E-state index in [9.17, 15) is 5.11 Å². The fourth-order valence-corrected chi connectivity index (χ4v) is 2.17. The molecule has 2 heteroatoms. The minimum Gasteiger partial charge on any atom is -0.387 e. The Hall–Kier alpha value is -1.64. The minimum absolute atomic E-state index is 0.458. The molecule has 0 aliphatic rings. The lowest BCUT2D eigenvalue weighted by molar-refractivity contribution is 0.174. The van der Waals surface area contributed by atoms with Crippen molar-refractivity contribution in [3.63, 3.8) is 0 Å². The summed E-state index contributed by atoms with van der Waals surface area (Å²) in [4.78, 5) is 0. The van der Waals surface area contributed by atoms with E-state index in [1.54, 1.807) is 0 Å². The van der Waals surface area contributed by atoms with Gasteiger partial charge in [0.25, 0.3) is 0 Å². The molecule has 0 amide bonds. The highest BCUT2D eigenvalue weighted by Gasteiger charge is 2.07. The van der Waals surface area contributed by atoms with Gasteiger partial charge in [-0.05, 0) is 22.6 Å². The molecule has 20 heavy (non-hydrogen) atoms. The Kier molecular flexibility index (Phi) is 5.33. The van der Waals surface area contributed by atoms with Gasteiger partial charge in [0, 0.05) is 13.1 Å². The summed E-state index contributed by atoms with van der Waals surface area (Å²) in [5.74, 6) is 0.525. The van der Waals surface area contributed by atoms with Crippen LogP contribution in [0.15, 0.2) is 54.6 Å². The van der Waals surface area contributed by atoms with E-state index < -0.39 is 6.10 Å². The molecule has 0 aliphatic heterocycles. The van der Waals surface area contributed by atoms with E-state index in [0.717, 1.165) is 12.1 Å². The summed E-state index contributed by atoms with van der Waals surface area (Å²) in [6, 6.07) is 18.5. The van der Waals surface area contributed by atoms with Gasteiger partial charge in [0.1, 0.15) is 0 Å². The normalized spacial score (nSPS) is 12.6. The van der Waals surface area contributed by atoms with Crippen molar-refractivity contribution in [2.24, 2.45) is 0 Å². The second-order valence-electron chi connectivity index (χ2n) is 5.45. The van der Waals surface area contributed by atoms with Gasteiger partial charge in [0.2, 0.25) is 0 Å². The topological polar surface area (TPSA) is 32.3 Å². The summed E-state index contributed by atoms with van der Waals surface area (Å²) in [6.07, 6.45) is -0.458. The molecule has 2 aromatic rings. The smallest absolute Gasteiger partial charge is 0.0914 e. The van der Waals surface area contributed by atoms with Crippen molar-refractivity contribution in [3.8, 4) is 0 Å². The van der Waals surface area contributed by atoms with Gasteiger partial charge in [-0.25, -0.2) is 0 Å². The summed E-state index contributed by atoms with van der Waals surface area (Å²) in [6.45, 7) is 5.69. The third kappa shape index (κ3) is 4.19. The van der Waals surface area contributed by atoms with E-state index in [1.165, 1.54) is 11.1 Å². The lowest BCUT2D eigenvalue weighted by Crippen LogP contribution is -2.21. The maximum absolute atomic E-state index is 10.2. The Bertz CT molecular complexity index is 505. The number of rotatable bonds is 6. The molecule has 1 unspecified atom stereocenters. The van der Waals surface area contributed by atoms with Crippen molar-refractivity contribution in [3.05, 3.63) is 71.3 Å². The summed E-state index contributed by atoms with van der Waals surface area (Å²) in [5, 5.41) is 13.5. The molecule has 0 heterocycles. The molecule has 2 nitrogen and oxygen atoms in total. The summed E-state index contributed by atoms with van der Waals surface area (Å²) >= 11 is 0. The van der Waals surface area contributed by atoms with Crippen LogP contribution in [-0.2, 0) is 6.54 Å². The van der Waals surface area contributed by atoms with E-state index in [0.29, 0.717) is 12.5 Å². The van der Waals surface area contributed by atoms with Crippen molar-refractivity contribution < 1.29 is 5.11 Å². The number of nitrogens with one attached hydrogen (secondary N) is 1. The van der Waals surface area contributed by atoms with Crippen molar-refractivity contribution in [2.45, 2.75) is 32.4 Å². The van der Waals surface area contributed by atoms with Gasteiger partial charge < -0.3 is 10.4 Å². The van der Waals surface area contributed by atoms with Crippen LogP contribution in [-0.4, -0.2) is 11.7 Å². The Morgan fingerprint density at radius 3 is 2.10 bits per heavy atom.